The van der Waals surface area contributed by atoms with Gasteiger partial charge in [0.25, 0.3) is 11.7 Å². The van der Waals surface area contributed by atoms with Gasteiger partial charge in [0.05, 0.1) is 18.7 Å². The number of ether oxygens (including phenoxy) is 1. The van der Waals surface area contributed by atoms with Crippen LogP contribution >= 0.6 is 11.6 Å². The van der Waals surface area contributed by atoms with Gasteiger partial charge in [0.2, 0.25) is 0 Å². The monoisotopic (exact) mass is 413 g/mol. The van der Waals surface area contributed by atoms with E-state index in [2.05, 4.69) is 6.92 Å². The summed E-state index contributed by atoms with van der Waals surface area (Å²) in [7, 11) is 1.56. The Hall–Kier alpha value is -2.79. The molecule has 3 rings (SSSR count). The molecular weight excluding hydrogens is 390 g/mol. The van der Waals surface area contributed by atoms with Gasteiger partial charge in [-0.25, -0.2) is 0 Å². The molecule has 0 aromatic heterocycles. The van der Waals surface area contributed by atoms with Crippen molar-refractivity contribution in [1.82, 2.24) is 4.90 Å². The van der Waals surface area contributed by atoms with Gasteiger partial charge < -0.3 is 14.7 Å². The number of carbonyl (C=O) groups is 2. The molecule has 0 spiro atoms. The molecule has 2 aromatic rings. The zero-order valence-electron chi connectivity index (χ0n) is 16.5. The molecule has 29 heavy (non-hydrogen) atoms. The molecule has 1 aliphatic heterocycles. The van der Waals surface area contributed by atoms with Gasteiger partial charge in [-0.2, -0.15) is 0 Å². The van der Waals surface area contributed by atoms with Crippen molar-refractivity contribution in [3.63, 3.8) is 0 Å². The van der Waals surface area contributed by atoms with Crippen LogP contribution in [0, 0.1) is 0 Å². The Labute approximate surface area is 175 Å². The van der Waals surface area contributed by atoms with E-state index in [1.54, 1.807) is 48.4 Å². The normalized spacial score (nSPS) is 18.3. The van der Waals surface area contributed by atoms with Gasteiger partial charge in [-0.05, 0) is 48.4 Å². The summed E-state index contributed by atoms with van der Waals surface area (Å²) in [5.74, 6) is -0.856. The lowest BCUT2D eigenvalue weighted by Crippen LogP contribution is -2.30. The average molecular weight is 414 g/mol. The van der Waals surface area contributed by atoms with E-state index in [0.717, 1.165) is 24.8 Å². The lowest BCUT2D eigenvalue weighted by Gasteiger charge is -2.25. The van der Waals surface area contributed by atoms with E-state index in [1.165, 1.54) is 0 Å². The maximum absolute atomic E-state index is 12.9. The van der Waals surface area contributed by atoms with Gasteiger partial charge in [-0.3, -0.25) is 9.59 Å². The molecule has 1 unspecified atom stereocenters. The maximum Gasteiger partial charge on any atom is 0.295 e. The number of methoxy groups -OCH3 is 1. The van der Waals surface area contributed by atoms with Crippen LogP contribution in [0.25, 0.3) is 5.76 Å². The Kier molecular flexibility index (Phi) is 6.60. The standard InChI is InChI=1S/C23H24ClNO4/c1-3-4-5-13-25-20(16-7-6-8-18(14-16)29-2)19(22(27)23(25)28)21(26)15-9-11-17(24)12-10-15/h6-12,14,20,26H,3-5,13H2,1-2H3/b21-19-. The van der Waals surface area contributed by atoms with E-state index in [1.807, 2.05) is 12.1 Å². The minimum absolute atomic E-state index is 0.0853. The van der Waals surface area contributed by atoms with Crippen molar-refractivity contribution in [2.75, 3.05) is 13.7 Å². The summed E-state index contributed by atoms with van der Waals surface area (Å²) in [4.78, 5) is 27.3. The summed E-state index contributed by atoms with van der Waals surface area (Å²) in [6.07, 6.45) is 2.73. The summed E-state index contributed by atoms with van der Waals surface area (Å²) >= 11 is 5.94. The molecule has 5 nitrogen and oxygen atoms in total. The Bertz CT molecular complexity index is 936. The number of carbonyl (C=O) groups excluding carboxylic acids is 2. The molecule has 1 aliphatic rings. The number of halogens is 1. The van der Waals surface area contributed by atoms with Crippen LogP contribution in [0.3, 0.4) is 0 Å². The molecule has 152 valence electrons. The second-order valence-electron chi connectivity index (χ2n) is 6.98. The van der Waals surface area contributed by atoms with Crippen molar-refractivity contribution in [3.8, 4) is 5.75 Å². The van der Waals surface area contributed by atoms with E-state index in [9.17, 15) is 14.7 Å². The molecule has 1 atom stereocenters. The summed E-state index contributed by atoms with van der Waals surface area (Å²) in [6.45, 7) is 2.52. The third-order valence-corrected chi connectivity index (χ3v) is 5.32. The van der Waals surface area contributed by atoms with Crippen LogP contribution in [-0.2, 0) is 9.59 Å². The summed E-state index contributed by atoms with van der Waals surface area (Å²) in [5, 5.41) is 11.5. The SMILES string of the molecule is CCCCCN1C(=O)C(=O)/C(=C(\O)c2ccc(Cl)cc2)C1c1cccc(OC)c1. The summed E-state index contributed by atoms with van der Waals surface area (Å²) in [5.41, 5.74) is 1.24. The van der Waals surface area contributed by atoms with Crippen molar-refractivity contribution >= 4 is 29.1 Å². The topological polar surface area (TPSA) is 66.8 Å². The highest BCUT2D eigenvalue weighted by Crippen LogP contribution is 2.40. The van der Waals surface area contributed by atoms with Crippen molar-refractivity contribution < 1.29 is 19.4 Å². The summed E-state index contributed by atoms with van der Waals surface area (Å²) in [6, 6.07) is 13.1. The number of unbranched alkanes of at least 4 members (excludes halogenated alkanes) is 2. The second-order valence-corrected chi connectivity index (χ2v) is 7.42. The summed E-state index contributed by atoms with van der Waals surface area (Å²) < 4.78 is 5.31. The first-order valence-electron chi connectivity index (χ1n) is 9.66. The highest BCUT2D eigenvalue weighted by Gasteiger charge is 2.45. The largest absolute Gasteiger partial charge is 0.507 e. The number of amides is 1. The van der Waals surface area contributed by atoms with Crippen LogP contribution < -0.4 is 4.74 Å². The van der Waals surface area contributed by atoms with Crippen molar-refractivity contribution in [2.45, 2.75) is 32.2 Å². The molecule has 0 aliphatic carbocycles. The molecule has 1 N–H and O–H groups in total. The minimum Gasteiger partial charge on any atom is -0.507 e. The zero-order chi connectivity index (χ0) is 21.0. The van der Waals surface area contributed by atoms with Crippen LogP contribution in [0.4, 0.5) is 0 Å². The lowest BCUT2D eigenvalue weighted by molar-refractivity contribution is -0.139. The second kappa shape index (κ2) is 9.14. The van der Waals surface area contributed by atoms with Crippen molar-refractivity contribution in [2.24, 2.45) is 0 Å². The van der Waals surface area contributed by atoms with Crippen LogP contribution in [-0.4, -0.2) is 35.4 Å². The third kappa shape index (κ3) is 4.30. The Morgan fingerprint density at radius 3 is 2.52 bits per heavy atom. The number of hydrogen-bond acceptors (Lipinski definition) is 4. The number of likely N-dealkylation sites (tertiary alicyclic amines) is 1. The fourth-order valence-electron chi connectivity index (χ4n) is 3.56. The molecule has 0 bridgehead atoms. The predicted octanol–water partition coefficient (Wildman–Crippen LogP) is 4.96. The molecule has 1 fully saturated rings. The third-order valence-electron chi connectivity index (χ3n) is 5.07. The molecule has 2 aromatic carbocycles. The van der Waals surface area contributed by atoms with E-state index in [-0.39, 0.29) is 11.3 Å². The molecule has 6 heteroatoms. The van der Waals surface area contributed by atoms with Gasteiger partial charge in [0.1, 0.15) is 11.5 Å². The molecule has 1 amide bonds. The fourth-order valence-corrected chi connectivity index (χ4v) is 3.69. The number of aliphatic hydroxyl groups excluding tert-OH is 1. The number of ketones is 1. The molecular formula is C23H24ClNO4. The Morgan fingerprint density at radius 1 is 1.14 bits per heavy atom. The first-order valence-corrected chi connectivity index (χ1v) is 10.0. The number of nitrogens with zero attached hydrogens (tertiary/aromatic N) is 1. The average Bonchev–Trinajstić information content (AvgIpc) is 2.99. The fraction of sp³-hybridized carbons (Fsp3) is 0.304. The lowest BCUT2D eigenvalue weighted by atomic mass is 9.95. The molecule has 1 saturated heterocycles. The van der Waals surface area contributed by atoms with Crippen molar-refractivity contribution in [3.05, 3.63) is 70.3 Å². The highest BCUT2D eigenvalue weighted by molar-refractivity contribution is 6.46. The van der Waals surface area contributed by atoms with E-state index in [4.69, 9.17) is 16.3 Å². The van der Waals surface area contributed by atoms with Gasteiger partial charge in [-0.15, -0.1) is 0 Å². The predicted molar refractivity (Wildman–Crippen MR) is 113 cm³/mol. The Morgan fingerprint density at radius 2 is 1.86 bits per heavy atom. The van der Waals surface area contributed by atoms with Crippen LogP contribution in [0.5, 0.6) is 5.75 Å². The number of aliphatic hydroxyl groups is 1. The Balaban J connectivity index is 2.12. The van der Waals surface area contributed by atoms with E-state index < -0.39 is 17.7 Å². The van der Waals surface area contributed by atoms with Gasteiger partial charge in [-0.1, -0.05) is 43.5 Å². The maximum atomic E-state index is 12.9. The van der Waals surface area contributed by atoms with Crippen molar-refractivity contribution in [1.29, 1.82) is 0 Å². The molecule has 0 saturated carbocycles. The quantitative estimate of drug-likeness (QED) is 0.301. The minimum atomic E-state index is -0.679. The first-order chi connectivity index (χ1) is 14.0. The number of Topliss-reactive ketones (excluding diaryl/α,β-unsaturated/α-hetero) is 1. The van der Waals surface area contributed by atoms with Gasteiger partial charge in [0, 0.05) is 17.1 Å². The highest BCUT2D eigenvalue weighted by atomic mass is 35.5. The van der Waals surface area contributed by atoms with Crippen LogP contribution in [0.15, 0.2) is 54.1 Å². The molecule has 0 radical (unpaired) electrons. The number of benzene rings is 2. The zero-order valence-corrected chi connectivity index (χ0v) is 17.3. The molecule has 1 heterocycles. The van der Waals surface area contributed by atoms with E-state index >= 15 is 0 Å². The van der Waals surface area contributed by atoms with Crippen LogP contribution in [0.1, 0.15) is 43.4 Å². The van der Waals surface area contributed by atoms with E-state index in [0.29, 0.717) is 22.9 Å². The first kappa shape index (κ1) is 20.9. The van der Waals surface area contributed by atoms with Gasteiger partial charge >= 0.3 is 0 Å². The van der Waals surface area contributed by atoms with Gasteiger partial charge in [0.15, 0.2) is 0 Å². The number of hydrogen-bond donors (Lipinski definition) is 1. The van der Waals surface area contributed by atoms with Crippen LogP contribution in [0.2, 0.25) is 5.02 Å². The smallest absolute Gasteiger partial charge is 0.295 e. The number of rotatable bonds is 7.